The highest BCUT2D eigenvalue weighted by Crippen LogP contribution is 2.32. The first-order chi connectivity index (χ1) is 8.13. The minimum atomic E-state index is -0.278. The molecule has 0 radical (unpaired) electrons. The molecule has 0 aromatic rings. The number of carbonyl (C=O) groups is 2. The van der Waals surface area contributed by atoms with Crippen molar-refractivity contribution in [2.75, 3.05) is 13.1 Å². The third-order valence-corrected chi connectivity index (χ3v) is 3.73. The second-order valence-corrected chi connectivity index (χ2v) is 5.06. The van der Waals surface area contributed by atoms with Crippen molar-refractivity contribution in [2.24, 2.45) is 11.7 Å². The molecular weight excluding hydrogens is 254 g/mol. The Morgan fingerprint density at radius 3 is 2.56 bits per heavy atom. The van der Waals surface area contributed by atoms with E-state index in [0.29, 0.717) is 19.0 Å². The van der Waals surface area contributed by atoms with Crippen LogP contribution in [-0.2, 0) is 9.59 Å². The van der Waals surface area contributed by atoms with E-state index >= 15 is 0 Å². The topological polar surface area (TPSA) is 75.4 Å². The van der Waals surface area contributed by atoms with E-state index in [1.54, 1.807) is 4.90 Å². The molecule has 0 spiro atoms. The lowest BCUT2D eigenvalue weighted by molar-refractivity contribution is -0.137. The van der Waals surface area contributed by atoms with Crippen LogP contribution in [0, 0.1) is 5.92 Å². The van der Waals surface area contributed by atoms with Crippen LogP contribution in [0.3, 0.4) is 0 Å². The van der Waals surface area contributed by atoms with Crippen LogP contribution in [0.5, 0.6) is 0 Å². The zero-order chi connectivity index (χ0) is 12.4. The Labute approximate surface area is 114 Å². The molecule has 6 heteroatoms. The highest BCUT2D eigenvalue weighted by atomic mass is 35.5. The lowest BCUT2D eigenvalue weighted by Gasteiger charge is -2.25. The zero-order valence-corrected chi connectivity index (χ0v) is 11.5. The number of hydrogen-bond donors (Lipinski definition) is 2. The molecule has 0 aromatic heterocycles. The number of rotatable bonds is 4. The molecule has 104 valence electrons. The first-order valence-corrected chi connectivity index (χ1v) is 6.41. The van der Waals surface area contributed by atoms with Crippen LogP contribution in [-0.4, -0.2) is 41.9 Å². The van der Waals surface area contributed by atoms with Gasteiger partial charge in [-0.1, -0.05) is 0 Å². The van der Waals surface area contributed by atoms with Gasteiger partial charge in [0.2, 0.25) is 11.8 Å². The number of nitrogens with two attached hydrogens (primary N) is 1. The minimum Gasteiger partial charge on any atom is -0.350 e. The van der Waals surface area contributed by atoms with E-state index in [1.807, 2.05) is 0 Å². The van der Waals surface area contributed by atoms with Crippen LogP contribution in [0.2, 0.25) is 0 Å². The first-order valence-electron chi connectivity index (χ1n) is 6.41. The summed E-state index contributed by atoms with van der Waals surface area (Å²) < 4.78 is 0. The number of likely N-dealkylation sites (tertiary alicyclic amines) is 1. The molecule has 5 nitrogen and oxygen atoms in total. The highest BCUT2D eigenvalue weighted by molar-refractivity contribution is 5.87. The first kappa shape index (κ1) is 15.2. The number of halogens is 1. The fourth-order valence-electron chi connectivity index (χ4n) is 2.56. The quantitative estimate of drug-likeness (QED) is 0.773. The van der Waals surface area contributed by atoms with Crippen molar-refractivity contribution >= 4 is 24.2 Å². The van der Waals surface area contributed by atoms with E-state index in [1.165, 1.54) is 6.92 Å². The molecule has 2 rings (SSSR count). The summed E-state index contributed by atoms with van der Waals surface area (Å²) in [6, 6.07) is -0.183. The summed E-state index contributed by atoms with van der Waals surface area (Å²) in [7, 11) is 0. The fraction of sp³-hybridized carbons (Fsp3) is 0.833. The van der Waals surface area contributed by atoms with Crippen molar-refractivity contribution in [3.05, 3.63) is 0 Å². The normalized spacial score (nSPS) is 24.3. The van der Waals surface area contributed by atoms with Gasteiger partial charge in [-0.25, -0.2) is 0 Å². The predicted octanol–water partition coefficient (Wildman–Crippen LogP) is 0.273. The van der Waals surface area contributed by atoms with Crippen molar-refractivity contribution in [3.63, 3.8) is 0 Å². The minimum absolute atomic E-state index is 0. The molecule has 1 aliphatic heterocycles. The van der Waals surface area contributed by atoms with Crippen LogP contribution in [0.4, 0.5) is 0 Å². The van der Waals surface area contributed by atoms with Gasteiger partial charge >= 0.3 is 0 Å². The summed E-state index contributed by atoms with van der Waals surface area (Å²) in [5.74, 6) is 0.509. The third kappa shape index (κ3) is 3.36. The molecule has 0 bridgehead atoms. The van der Waals surface area contributed by atoms with Crippen LogP contribution in [0.1, 0.15) is 32.6 Å². The van der Waals surface area contributed by atoms with Crippen LogP contribution in [0.25, 0.3) is 0 Å². The van der Waals surface area contributed by atoms with E-state index in [9.17, 15) is 9.59 Å². The van der Waals surface area contributed by atoms with Crippen molar-refractivity contribution < 1.29 is 9.59 Å². The molecular formula is C12H22ClN3O2. The fourth-order valence-corrected chi connectivity index (χ4v) is 2.56. The summed E-state index contributed by atoms with van der Waals surface area (Å²) in [5.41, 5.74) is 5.66. The van der Waals surface area contributed by atoms with Gasteiger partial charge in [-0.2, -0.15) is 0 Å². The number of nitrogens with zero attached hydrogens (tertiary/aromatic N) is 1. The Morgan fingerprint density at radius 2 is 2.06 bits per heavy atom. The second kappa shape index (κ2) is 6.38. The van der Waals surface area contributed by atoms with Crippen LogP contribution < -0.4 is 11.1 Å². The Balaban J connectivity index is 0.00000162. The van der Waals surface area contributed by atoms with Crippen molar-refractivity contribution in [2.45, 2.75) is 44.7 Å². The molecule has 2 fully saturated rings. The predicted molar refractivity (Wildman–Crippen MR) is 71.4 cm³/mol. The lowest BCUT2D eigenvalue weighted by atomic mass is 10.1. The molecule has 1 heterocycles. The van der Waals surface area contributed by atoms with Gasteiger partial charge in [0, 0.05) is 26.1 Å². The van der Waals surface area contributed by atoms with Crippen LogP contribution >= 0.6 is 12.4 Å². The monoisotopic (exact) mass is 275 g/mol. The molecule has 3 N–H and O–H groups in total. The Bertz CT molecular complexity index is 320. The maximum atomic E-state index is 12.1. The van der Waals surface area contributed by atoms with Crippen molar-refractivity contribution in [1.82, 2.24) is 10.2 Å². The molecule has 1 saturated heterocycles. The number of amides is 2. The average molecular weight is 276 g/mol. The molecule has 2 atom stereocenters. The number of nitrogens with one attached hydrogen (secondary N) is 1. The number of carbonyl (C=O) groups excluding carboxylic acids is 2. The van der Waals surface area contributed by atoms with Gasteiger partial charge in [-0.05, 0) is 31.6 Å². The van der Waals surface area contributed by atoms with E-state index in [-0.39, 0.29) is 36.3 Å². The Morgan fingerprint density at radius 1 is 1.39 bits per heavy atom. The van der Waals surface area contributed by atoms with Gasteiger partial charge in [0.05, 0.1) is 0 Å². The molecule has 1 saturated carbocycles. The third-order valence-electron chi connectivity index (χ3n) is 3.73. The summed E-state index contributed by atoms with van der Waals surface area (Å²) in [6.07, 6.45) is 3.99. The Hall–Kier alpha value is -0.810. The Kier molecular flexibility index (Phi) is 5.41. The van der Waals surface area contributed by atoms with Crippen molar-refractivity contribution in [3.8, 4) is 0 Å². The maximum Gasteiger partial charge on any atom is 0.243 e. The standard InChI is InChI=1S/C12H21N3O2.ClH/c1-8(16)15-6-2-3-11(15)12(17)14-10(7-13)9-4-5-9;/h9-11H,2-7,13H2,1H3,(H,14,17);1H. The van der Waals surface area contributed by atoms with Gasteiger partial charge in [-0.15, -0.1) is 12.4 Å². The van der Waals surface area contributed by atoms with Gasteiger partial charge in [0.25, 0.3) is 0 Å². The summed E-state index contributed by atoms with van der Waals surface area (Å²) >= 11 is 0. The SMILES string of the molecule is CC(=O)N1CCCC1C(=O)NC(CN)C1CC1.Cl. The molecule has 18 heavy (non-hydrogen) atoms. The molecule has 2 unspecified atom stereocenters. The highest BCUT2D eigenvalue weighted by Gasteiger charge is 2.36. The summed E-state index contributed by atoms with van der Waals surface area (Å²) in [4.78, 5) is 25.1. The van der Waals surface area contributed by atoms with Gasteiger partial charge < -0.3 is 16.0 Å². The van der Waals surface area contributed by atoms with Gasteiger partial charge in [0.1, 0.15) is 6.04 Å². The van der Waals surface area contributed by atoms with Crippen molar-refractivity contribution in [1.29, 1.82) is 0 Å². The van der Waals surface area contributed by atoms with Crippen LogP contribution in [0.15, 0.2) is 0 Å². The van der Waals surface area contributed by atoms with E-state index in [0.717, 1.165) is 25.7 Å². The maximum absolute atomic E-state index is 12.1. The largest absolute Gasteiger partial charge is 0.350 e. The summed E-state index contributed by atoms with van der Waals surface area (Å²) in [6.45, 7) is 2.71. The average Bonchev–Trinajstić information content (AvgIpc) is 3.00. The second-order valence-electron chi connectivity index (χ2n) is 5.06. The van der Waals surface area contributed by atoms with E-state index < -0.39 is 0 Å². The molecule has 0 aromatic carbocycles. The smallest absolute Gasteiger partial charge is 0.243 e. The molecule has 1 aliphatic carbocycles. The molecule has 2 aliphatic rings. The van der Waals surface area contributed by atoms with Gasteiger partial charge in [-0.3, -0.25) is 9.59 Å². The van der Waals surface area contributed by atoms with Gasteiger partial charge in [0.15, 0.2) is 0 Å². The lowest BCUT2D eigenvalue weighted by Crippen LogP contribution is -2.50. The van der Waals surface area contributed by atoms with E-state index in [4.69, 9.17) is 5.73 Å². The molecule has 2 amide bonds. The van der Waals surface area contributed by atoms with E-state index in [2.05, 4.69) is 5.32 Å². The summed E-state index contributed by atoms with van der Waals surface area (Å²) in [5, 5.41) is 3.00. The zero-order valence-electron chi connectivity index (χ0n) is 10.7. The number of hydrogen-bond acceptors (Lipinski definition) is 3.